The third-order valence-corrected chi connectivity index (χ3v) is 26.1. The van der Waals surface area contributed by atoms with Gasteiger partial charge in [0, 0.05) is 57.0 Å². The van der Waals surface area contributed by atoms with Gasteiger partial charge in [-0.25, -0.2) is 4.98 Å². The Morgan fingerprint density at radius 2 is 0.594 bits per heavy atom. The number of fused-ring (bicyclic) bond motifs is 15. The van der Waals surface area contributed by atoms with E-state index < -0.39 is 0 Å². The predicted molar refractivity (Wildman–Crippen MR) is 551 cm³/mol. The van der Waals surface area contributed by atoms with E-state index >= 15 is 0 Å². The summed E-state index contributed by atoms with van der Waals surface area (Å²) in [6.07, 6.45) is 7.28. The molecule has 0 aliphatic rings. The van der Waals surface area contributed by atoms with Crippen molar-refractivity contribution in [2.75, 3.05) is 0 Å². The number of hydrogen-bond acceptors (Lipinski definition) is 7. The van der Waals surface area contributed by atoms with Gasteiger partial charge in [0.15, 0.2) is 0 Å². The van der Waals surface area contributed by atoms with Gasteiger partial charge in [-0.05, 0) is 217 Å². The van der Waals surface area contributed by atoms with Gasteiger partial charge in [0.05, 0.1) is 50.6 Å². The van der Waals surface area contributed by atoms with Crippen molar-refractivity contribution in [1.82, 2.24) is 62.3 Å². The summed E-state index contributed by atoms with van der Waals surface area (Å²) in [6.45, 7) is 0. The van der Waals surface area contributed by atoms with E-state index in [0.29, 0.717) is 0 Å². The van der Waals surface area contributed by atoms with E-state index in [4.69, 9.17) is 19.9 Å². The van der Waals surface area contributed by atoms with Crippen LogP contribution in [0.15, 0.2) is 413 Å². The second kappa shape index (κ2) is 36.7. The molecular formula is C122H77N13Pt3. The summed E-state index contributed by atoms with van der Waals surface area (Å²) in [7, 11) is 6.21. The van der Waals surface area contributed by atoms with E-state index in [1.807, 2.05) is 104 Å². The van der Waals surface area contributed by atoms with Gasteiger partial charge < -0.3 is 42.4 Å². The van der Waals surface area contributed by atoms with Crippen molar-refractivity contribution in [2.24, 2.45) is 21.1 Å². The van der Waals surface area contributed by atoms with Gasteiger partial charge in [0.25, 0.3) is 0 Å². The van der Waals surface area contributed by atoms with Crippen LogP contribution in [0.5, 0.6) is 0 Å². The summed E-state index contributed by atoms with van der Waals surface area (Å²) in [5, 5.41) is 14.2. The second-order valence-corrected chi connectivity index (χ2v) is 34.1. The first-order chi connectivity index (χ1) is 66.6. The Bertz CT molecular complexity index is 9310. The molecule has 27 aromatic rings. The predicted octanol–water partition coefficient (Wildman–Crippen LogP) is 28.8. The fourth-order valence-corrected chi connectivity index (χ4v) is 19.5. The molecule has 0 atom stereocenters. The molecule has 138 heavy (non-hydrogen) atoms. The summed E-state index contributed by atoms with van der Waals surface area (Å²) in [6, 6.07) is 158. The molecule has 10 aromatic heterocycles. The zero-order valence-electron chi connectivity index (χ0n) is 74.5. The summed E-state index contributed by atoms with van der Waals surface area (Å²) >= 11 is 0. The van der Waals surface area contributed by atoms with E-state index in [1.54, 1.807) is 6.20 Å². The molecule has 13 nitrogen and oxygen atoms in total. The molecule has 0 radical (unpaired) electrons. The van der Waals surface area contributed by atoms with Gasteiger partial charge in [-0.1, -0.05) is 228 Å². The van der Waals surface area contributed by atoms with Crippen molar-refractivity contribution in [1.29, 1.82) is 0 Å². The molecule has 0 N–H and O–H groups in total. The molecule has 10 heterocycles. The van der Waals surface area contributed by atoms with E-state index in [0.717, 1.165) is 184 Å². The van der Waals surface area contributed by atoms with Crippen LogP contribution in [0.25, 0.3) is 249 Å². The third kappa shape index (κ3) is 15.6. The number of aromatic nitrogens is 13. The first kappa shape index (κ1) is 87.3. The largest absolute Gasteiger partial charge is 2.00 e. The first-order valence-corrected chi connectivity index (χ1v) is 45.1. The topological polar surface area (TPSA) is 120 Å². The summed E-state index contributed by atoms with van der Waals surface area (Å²) in [5.74, 6) is 2.63. The minimum atomic E-state index is 0. The number of hydrogen-bond donors (Lipinski definition) is 0. The van der Waals surface area contributed by atoms with Crippen LogP contribution in [0.4, 0.5) is 0 Å². The van der Waals surface area contributed by atoms with E-state index in [2.05, 4.69) is 403 Å². The van der Waals surface area contributed by atoms with Crippen LogP contribution in [0.1, 0.15) is 0 Å². The average molecular weight is 2310 g/mol. The van der Waals surface area contributed by atoms with Crippen LogP contribution in [-0.4, -0.2) is 62.3 Å². The number of rotatable bonds is 12. The van der Waals surface area contributed by atoms with Crippen molar-refractivity contribution in [2.45, 2.75) is 0 Å². The van der Waals surface area contributed by atoms with Crippen molar-refractivity contribution in [3.05, 3.63) is 449 Å². The Kier molecular flexibility index (Phi) is 23.2. The Labute approximate surface area is 838 Å². The normalized spacial score (nSPS) is 11.4. The molecule has 0 amide bonds. The summed E-state index contributed by atoms with van der Waals surface area (Å²) in [4.78, 5) is 33.7. The minimum absolute atomic E-state index is 0. The van der Waals surface area contributed by atoms with Crippen LogP contribution in [0.3, 0.4) is 0 Å². The van der Waals surface area contributed by atoms with Crippen LogP contribution < -0.4 is 0 Å². The third-order valence-electron chi connectivity index (χ3n) is 26.1. The van der Waals surface area contributed by atoms with Gasteiger partial charge in [0.1, 0.15) is 5.65 Å². The van der Waals surface area contributed by atoms with E-state index in [1.165, 1.54) is 65.3 Å². The second-order valence-electron chi connectivity index (χ2n) is 34.1. The van der Waals surface area contributed by atoms with Gasteiger partial charge in [0.2, 0.25) is 0 Å². The molecule has 660 valence electrons. The van der Waals surface area contributed by atoms with Crippen LogP contribution in [0, 0.1) is 36.4 Å². The van der Waals surface area contributed by atoms with E-state index in [-0.39, 0.29) is 63.2 Å². The maximum absolute atomic E-state index is 5.16. The molecule has 0 aliphatic carbocycles. The zero-order chi connectivity index (χ0) is 89.7. The van der Waals surface area contributed by atoms with Crippen molar-refractivity contribution in [3.8, 4) is 118 Å². The van der Waals surface area contributed by atoms with Crippen molar-refractivity contribution < 1.29 is 63.2 Å². The minimum Gasteiger partial charge on any atom is -0.367 e. The zero-order valence-corrected chi connectivity index (χ0v) is 81.3. The van der Waals surface area contributed by atoms with Gasteiger partial charge in [-0.3, -0.25) is 15.0 Å². The number of para-hydroxylation sites is 4. The van der Waals surface area contributed by atoms with Crippen LogP contribution >= 0.6 is 0 Å². The SMILES string of the molecule is Cn1c(-c2[c-]c3c(cc2)c2cc(-c4ccc5ccccc5c4)ccc2n3-c2[c-]c(-c3ccccn3)ccc2)nc2ccccc21.Cn1c(-c2[c-]c3c(cc2)c2ccc(-c4ccc5ccccc5c4)cc2n3-c2[c-]c(-c3ccccn3)ccc2)nc2ccccc21.Cn1c(-c2[c-]c3c(cc2)c2cccnc2n3-c2[c-]c(-c3ccccn3)ccc2)nc2cc(-c3cccc4ccccc34)ccc21.[Pt+2].[Pt+2].[Pt+2]. The molecular weight excluding hydrogens is 2230 g/mol. The summed E-state index contributed by atoms with van der Waals surface area (Å²) in [5.41, 5.74) is 30.2. The molecule has 0 saturated carbocycles. The first-order valence-electron chi connectivity index (χ1n) is 45.1. The Morgan fingerprint density at radius 3 is 1.13 bits per heavy atom. The van der Waals surface area contributed by atoms with Gasteiger partial charge in [-0.15, -0.1) is 161 Å². The monoisotopic (exact) mass is 2310 g/mol. The molecule has 27 rings (SSSR count). The Balaban J connectivity index is 0.000000118. The maximum atomic E-state index is 5.16. The maximum Gasteiger partial charge on any atom is 2.00 e. The molecule has 0 unspecified atom stereocenters. The molecule has 17 aromatic carbocycles. The van der Waals surface area contributed by atoms with Crippen LogP contribution in [0.2, 0.25) is 0 Å². The number of imidazole rings is 3. The number of benzene rings is 17. The van der Waals surface area contributed by atoms with Crippen molar-refractivity contribution in [3.63, 3.8) is 0 Å². The number of pyridine rings is 4. The van der Waals surface area contributed by atoms with E-state index in [9.17, 15) is 0 Å². The standard InChI is InChI=1S/2C41H26N4.C40H25N5.3Pt/c1-44-39-15-5-4-14-37(39)43-41(44)32-18-20-34-35-25-30(29-17-16-27-9-2-3-10-28(27)23-29)19-21-38(35)45(40(34)26-32)33-12-8-11-31(24-33)36-13-6-7-22-42-36;1-44-38-15-5-4-14-37(38)43-41(44)32-19-21-35-34-20-18-30(29-17-16-27-9-2-3-10-28(27)23-29)25-39(34)45(40(35)26-32)33-12-8-11-31(24-33)36-13-6-7-22-42-36;1-44-37-20-18-27(32-14-7-10-26-9-2-3-13-31(26)32)24-36(37)43-39(44)29-17-19-33-34-15-8-22-42-40(34)45(38(33)25-29)30-12-6-11-28(23-30)35-16-4-5-21-41-35;;;/h2*2-23,25H,1H3;2-22,24H,1H3;;;/q3*-2;3*+2. The fraction of sp³-hybridized carbons (Fsp3) is 0.0246. The molecule has 0 fully saturated rings. The van der Waals surface area contributed by atoms with Gasteiger partial charge in [-0.2, -0.15) is 0 Å². The summed E-state index contributed by atoms with van der Waals surface area (Å²) < 4.78 is 13.1. The Hall–Kier alpha value is -16.0. The average Bonchev–Trinajstić information content (AvgIpc) is 1.59. The molecule has 0 aliphatic heterocycles. The van der Waals surface area contributed by atoms with Crippen molar-refractivity contribution >= 4 is 131 Å². The molecule has 0 spiro atoms. The molecule has 0 bridgehead atoms. The smallest absolute Gasteiger partial charge is 0.367 e. The quantitative estimate of drug-likeness (QED) is 0.112. The number of aryl methyl sites for hydroxylation is 3. The van der Waals surface area contributed by atoms with Gasteiger partial charge >= 0.3 is 63.2 Å². The fourth-order valence-electron chi connectivity index (χ4n) is 19.5. The Morgan fingerprint density at radius 1 is 0.210 bits per heavy atom. The van der Waals surface area contributed by atoms with Crippen LogP contribution in [-0.2, 0) is 84.3 Å². The molecule has 16 heteroatoms. The molecule has 0 saturated heterocycles. The number of nitrogens with zero attached hydrogens (tertiary/aromatic N) is 13.